The van der Waals surface area contributed by atoms with E-state index in [9.17, 15) is 9.59 Å². The Balaban J connectivity index is 1.21. The van der Waals surface area contributed by atoms with E-state index in [-0.39, 0.29) is 29.5 Å². The highest BCUT2D eigenvalue weighted by Crippen LogP contribution is 2.24. The van der Waals surface area contributed by atoms with E-state index in [0.29, 0.717) is 49.9 Å². The molecule has 204 valence electrons. The van der Waals surface area contributed by atoms with Crippen LogP contribution in [0.15, 0.2) is 54.6 Å². The zero-order valence-corrected chi connectivity index (χ0v) is 23.4. The van der Waals surface area contributed by atoms with Gasteiger partial charge in [-0.15, -0.1) is 10.2 Å². The van der Waals surface area contributed by atoms with E-state index in [1.807, 2.05) is 24.3 Å². The third kappa shape index (κ3) is 6.69. The summed E-state index contributed by atoms with van der Waals surface area (Å²) in [6.45, 7) is 5.35. The number of carbonyl (C=O) groups is 2. The number of hydrogen-bond donors (Lipinski definition) is 0. The van der Waals surface area contributed by atoms with Gasteiger partial charge in [0, 0.05) is 49.9 Å². The van der Waals surface area contributed by atoms with Crippen LogP contribution in [0, 0.1) is 6.92 Å². The minimum Gasteiger partial charge on any atom is -0.376 e. The molecular formula is C29H31Cl2N5O3. The summed E-state index contributed by atoms with van der Waals surface area (Å²) in [5.41, 5.74) is 3.37. The standard InChI is InChI=1S/C29H31Cl2N5O3/c1-20-4-6-21(7-5-20)26-10-11-27(33-32-26)34-12-14-35(15-13-34)28(37)19-36(18-23-3-2-16-39-23)29(38)24-9-8-22(30)17-25(24)31/h4-11,17,23H,2-3,12-16,18-19H2,1H3/t23-/m1/s1. The Morgan fingerprint density at radius 2 is 1.77 bits per heavy atom. The van der Waals surface area contributed by atoms with Gasteiger partial charge in [-0.05, 0) is 50.1 Å². The molecule has 3 heterocycles. The molecule has 0 spiro atoms. The van der Waals surface area contributed by atoms with E-state index < -0.39 is 0 Å². The van der Waals surface area contributed by atoms with Crippen LogP contribution in [0.1, 0.15) is 28.8 Å². The van der Waals surface area contributed by atoms with E-state index >= 15 is 0 Å². The normalized spacial score (nSPS) is 17.4. The summed E-state index contributed by atoms with van der Waals surface area (Å²) >= 11 is 12.3. The molecule has 1 atom stereocenters. The van der Waals surface area contributed by atoms with Crippen LogP contribution in [0.4, 0.5) is 5.82 Å². The predicted molar refractivity (Wildman–Crippen MR) is 152 cm³/mol. The Bertz CT molecular complexity index is 1310. The number of piperazine rings is 1. The Labute approximate surface area is 238 Å². The topological polar surface area (TPSA) is 78.9 Å². The fourth-order valence-corrected chi connectivity index (χ4v) is 5.40. The molecule has 0 saturated carbocycles. The van der Waals surface area contributed by atoms with Crippen molar-refractivity contribution in [2.45, 2.75) is 25.9 Å². The van der Waals surface area contributed by atoms with Gasteiger partial charge in [-0.3, -0.25) is 9.59 Å². The maximum atomic E-state index is 13.4. The Kier molecular flexibility index (Phi) is 8.65. The lowest BCUT2D eigenvalue weighted by Crippen LogP contribution is -2.52. The maximum Gasteiger partial charge on any atom is 0.255 e. The number of carbonyl (C=O) groups excluding carboxylic acids is 2. The van der Waals surface area contributed by atoms with E-state index in [2.05, 4.69) is 34.2 Å². The average Bonchev–Trinajstić information content (AvgIpc) is 3.46. The second-order valence-corrected chi connectivity index (χ2v) is 10.8. The maximum absolute atomic E-state index is 13.4. The largest absolute Gasteiger partial charge is 0.376 e. The molecule has 2 aliphatic rings. The summed E-state index contributed by atoms with van der Waals surface area (Å²) in [4.78, 5) is 32.2. The van der Waals surface area contributed by atoms with Crippen molar-refractivity contribution in [3.63, 3.8) is 0 Å². The zero-order valence-electron chi connectivity index (χ0n) is 21.9. The Hall–Kier alpha value is -3.20. The summed E-state index contributed by atoms with van der Waals surface area (Å²) < 4.78 is 5.76. The molecule has 5 rings (SSSR count). The summed E-state index contributed by atoms with van der Waals surface area (Å²) in [6, 6.07) is 16.9. The van der Waals surface area contributed by atoms with Gasteiger partial charge in [0.1, 0.15) is 6.54 Å². The molecule has 0 bridgehead atoms. The Morgan fingerprint density at radius 3 is 2.41 bits per heavy atom. The number of halogens is 2. The average molecular weight is 569 g/mol. The van der Waals surface area contributed by atoms with Crippen LogP contribution < -0.4 is 4.90 Å². The first-order valence-electron chi connectivity index (χ1n) is 13.2. The summed E-state index contributed by atoms with van der Waals surface area (Å²) in [5.74, 6) is 0.375. The molecule has 10 heteroatoms. The lowest BCUT2D eigenvalue weighted by Gasteiger charge is -2.36. The molecular weight excluding hydrogens is 537 g/mol. The third-order valence-corrected chi connectivity index (χ3v) is 7.72. The second kappa shape index (κ2) is 12.3. The van der Waals surface area contributed by atoms with Crippen molar-refractivity contribution >= 4 is 40.8 Å². The van der Waals surface area contributed by atoms with Crippen LogP contribution in [-0.4, -0.2) is 83.8 Å². The van der Waals surface area contributed by atoms with Crippen LogP contribution in [-0.2, 0) is 9.53 Å². The van der Waals surface area contributed by atoms with Crippen LogP contribution in [0.3, 0.4) is 0 Å². The predicted octanol–water partition coefficient (Wildman–Crippen LogP) is 4.73. The van der Waals surface area contributed by atoms with E-state index in [0.717, 1.165) is 29.9 Å². The quantitative estimate of drug-likeness (QED) is 0.410. The number of hydrogen-bond acceptors (Lipinski definition) is 6. The lowest BCUT2D eigenvalue weighted by atomic mass is 10.1. The van der Waals surface area contributed by atoms with Crippen molar-refractivity contribution < 1.29 is 14.3 Å². The number of benzene rings is 2. The minimum absolute atomic E-state index is 0.0390. The molecule has 8 nitrogen and oxygen atoms in total. The number of nitrogens with zero attached hydrogens (tertiary/aromatic N) is 5. The molecule has 2 aromatic carbocycles. The van der Waals surface area contributed by atoms with E-state index in [1.54, 1.807) is 21.9 Å². The molecule has 3 aromatic rings. The van der Waals surface area contributed by atoms with Crippen LogP contribution in [0.5, 0.6) is 0 Å². The van der Waals surface area contributed by atoms with Gasteiger partial charge in [-0.25, -0.2) is 0 Å². The fourth-order valence-electron chi connectivity index (χ4n) is 4.91. The first-order valence-corrected chi connectivity index (χ1v) is 13.9. The smallest absolute Gasteiger partial charge is 0.255 e. The van der Waals surface area contributed by atoms with Crippen molar-refractivity contribution in [3.05, 3.63) is 75.8 Å². The van der Waals surface area contributed by atoms with Crippen LogP contribution in [0.2, 0.25) is 10.0 Å². The molecule has 0 unspecified atom stereocenters. The summed E-state index contributed by atoms with van der Waals surface area (Å²) in [6.07, 6.45) is 1.71. The molecule has 0 radical (unpaired) electrons. The summed E-state index contributed by atoms with van der Waals surface area (Å²) in [7, 11) is 0. The Morgan fingerprint density at radius 1 is 1.00 bits per heavy atom. The second-order valence-electron chi connectivity index (χ2n) is 9.96. The number of amides is 2. The number of anilines is 1. The van der Waals surface area contributed by atoms with Gasteiger partial charge in [0.2, 0.25) is 5.91 Å². The van der Waals surface area contributed by atoms with Crippen molar-refractivity contribution in [1.29, 1.82) is 0 Å². The third-order valence-electron chi connectivity index (χ3n) is 7.18. The van der Waals surface area contributed by atoms with Crippen molar-refractivity contribution in [2.24, 2.45) is 0 Å². The van der Waals surface area contributed by atoms with E-state index in [4.69, 9.17) is 27.9 Å². The number of rotatable bonds is 7. The zero-order chi connectivity index (χ0) is 27.4. The molecule has 2 saturated heterocycles. The number of aromatic nitrogens is 2. The van der Waals surface area contributed by atoms with Crippen molar-refractivity contribution in [1.82, 2.24) is 20.0 Å². The molecule has 1 aromatic heterocycles. The van der Waals surface area contributed by atoms with Gasteiger partial charge >= 0.3 is 0 Å². The molecule has 2 aliphatic heterocycles. The highest BCUT2D eigenvalue weighted by atomic mass is 35.5. The van der Waals surface area contributed by atoms with Crippen molar-refractivity contribution in [2.75, 3.05) is 50.8 Å². The minimum atomic E-state index is -0.303. The van der Waals surface area contributed by atoms with Gasteiger partial charge in [0.15, 0.2) is 5.82 Å². The molecule has 2 fully saturated rings. The van der Waals surface area contributed by atoms with Crippen molar-refractivity contribution in [3.8, 4) is 11.3 Å². The number of aryl methyl sites for hydroxylation is 1. The SMILES string of the molecule is Cc1ccc(-c2ccc(N3CCN(C(=O)CN(C[C@H]4CCCO4)C(=O)c4ccc(Cl)cc4Cl)CC3)nn2)cc1. The molecule has 0 aliphatic carbocycles. The number of ether oxygens (including phenoxy) is 1. The highest BCUT2D eigenvalue weighted by molar-refractivity contribution is 6.36. The molecule has 0 N–H and O–H groups in total. The van der Waals surface area contributed by atoms with Gasteiger partial charge in [-0.2, -0.15) is 0 Å². The monoisotopic (exact) mass is 567 g/mol. The van der Waals surface area contributed by atoms with Gasteiger partial charge in [-0.1, -0.05) is 53.0 Å². The fraction of sp³-hybridized carbons (Fsp3) is 0.379. The molecule has 39 heavy (non-hydrogen) atoms. The highest BCUT2D eigenvalue weighted by Gasteiger charge is 2.29. The molecule has 2 amide bonds. The van der Waals surface area contributed by atoms with Gasteiger partial charge in [0.25, 0.3) is 5.91 Å². The van der Waals surface area contributed by atoms with E-state index in [1.165, 1.54) is 11.6 Å². The summed E-state index contributed by atoms with van der Waals surface area (Å²) in [5, 5.41) is 9.56. The first-order chi connectivity index (χ1) is 18.9. The lowest BCUT2D eigenvalue weighted by molar-refractivity contribution is -0.132. The van der Waals surface area contributed by atoms with Crippen LogP contribution >= 0.6 is 23.2 Å². The first kappa shape index (κ1) is 27.4. The van der Waals surface area contributed by atoms with Gasteiger partial charge in [0.05, 0.1) is 22.4 Å². The van der Waals surface area contributed by atoms with Gasteiger partial charge < -0.3 is 19.4 Å². The van der Waals surface area contributed by atoms with Crippen LogP contribution in [0.25, 0.3) is 11.3 Å².